The number of allylic oxidation sites excluding steroid dienone is 1. The van der Waals surface area contributed by atoms with Gasteiger partial charge in [-0.3, -0.25) is 0 Å². The minimum atomic E-state index is 0.776. The van der Waals surface area contributed by atoms with Gasteiger partial charge < -0.3 is 0 Å². The Morgan fingerprint density at radius 3 is 2.71 bits per heavy atom. The van der Waals surface area contributed by atoms with E-state index in [4.69, 9.17) is 0 Å². The molecule has 0 spiro atoms. The summed E-state index contributed by atoms with van der Waals surface area (Å²) in [6, 6.07) is 10.4. The first-order chi connectivity index (χ1) is 6.86. The molecule has 70 valence electrons. The second-order valence-electron chi connectivity index (χ2n) is 2.85. The van der Waals surface area contributed by atoms with Crippen LogP contribution in [-0.4, -0.2) is 32.3 Å². The van der Waals surface area contributed by atoms with Crippen LogP contribution in [0.15, 0.2) is 47.2 Å². The molecular weight excluding hydrogens is 365 g/mol. The van der Waals surface area contributed by atoms with Gasteiger partial charge >= 0.3 is 102 Å². The van der Waals surface area contributed by atoms with E-state index in [0.717, 1.165) is 38.2 Å². The molecule has 1 aromatic rings. The van der Waals surface area contributed by atoms with Gasteiger partial charge in [0.25, 0.3) is 0 Å². The predicted octanol–water partition coefficient (Wildman–Crippen LogP) is 1.83. The number of hydrogen-bond donors (Lipinski definition) is 1. The normalized spacial score (nSPS) is 11.9. The number of nitrogens with zero attached hydrogens (tertiary/aromatic N) is 1. The summed E-state index contributed by atoms with van der Waals surface area (Å²) in [5.41, 5.74) is 2.38. The average molecular weight is 378 g/mol. The topological polar surface area (TPSA) is 24.4 Å². The van der Waals surface area contributed by atoms with E-state index in [1.54, 1.807) is 0 Å². The van der Waals surface area contributed by atoms with Crippen LogP contribution >= 0.6 is 0 Å². The molecule has 0 aliphatic heterocycles. The van der Waals surface area contributed by atoms with Gasteiger partial charge in [-0.25, -0.2) is 0 Å². The van der Waals surface area contributed by atoms with Crippen molar-refractivity contribution in [1.82, 2.24) is 3.13 Å². The van der Waals surface area contributed by atoms with Crippen molar-refractivity contribution in [3.05, 3.63) is 47.8 Å². The third kappa shape index (κ3) is 4.04. The molecule has 0 amide bonds. The molecule has 0 aliphatic carbocycles. The predicted molar refractivity (Wildman–Crippen MR) is 61.3 cm³/mol. The monoisotopic (exact) mass is 378 g/mol. The van der Waals surface area contributed by atoms with Gasteiger partial charge in [-0.2, -0.15) is 0 Å². The summed E-state index contributed by atoms with van der Waals surface area (Å²) in [5.74, 6) is 0. The van der Waals surface area contributed by atoms with Gasteiger partial charge in [0.05, 0.1) is 0 Å². The van der Waals surface area contributed by atoms with E-state index in [1.807, 2.05) is 25.4 Å². The van der Waals surface area contributed by atoms with Gasteiger partial charge in [-0.1, -0.05) is 0 Å². The van der Waals surface area contributed by atoms with Crippen molar-refractivity contribution >= 4 is 32.3 Å². The molecule has 0 saturated heterocycles. The number of nitrogens with one attached hydrogen (secondary N) is 1. The Kier molecular flexibility index (Phi) is 5.51. The summed E-state index contributed by atoms with van der Waals surface area (Å²) in [6.45, 7) is 1.94. The van der Waals surface area contributed by atoms with E-state index in [0.29, 0.717) is 0 Å². The maximum atomic E-state index is 4.31. The van der Waals surface area contributed by atoms with Gasteiger partial charge in [0, 0.05) is 0 Å². The first-order valence-corrected chi connectivity index (χ1v) is 6.79. The van der Waals surface area contributed by atoms with Gasteiger partial charge in [0.1, 0.15) is 0 Å². The number of aliphatic imine (C=N–C) groups is 1. The fourth-order valence-electron chi connectivity index (χ4n) is 1.20. The van der Waals surface area contributed by atoms with Crippen LogP contribution in [0.25, 0.3) is 0 Å². The first kappa shape index (κ1) is 11.4. The average Bonchev–Trinajstić information content (AvgIpc) is 2.20. The Hall–Kier alpha value is -0.648. The summed E-state index contributed by atoms with van der Waals surface area (Å²) in [7, 11) is 0. The van der Waals surface area contributed by atoms with Crippen molar-refractivity contribution in [1.29, 1.82) is 0 Å². The van der Waals surface area contributed by atoms with E-state index >= 15 is 0 Å². The maximum absolute atomic E-state index is 4.31. The van der Waals surface area contributed by atoms with Crippen molar-refractivity contribution in [3.63, 3.8) is 0 Å². The second-order valence-corrected chi connectivity index (χ2v) is 4.15. The van der Waals surface area contributed by atoms with Crippen molar-refractivity contribution in [2.45, 2.75) is 13.3 Å². The molecule has 0 radical (unpaired) electrons. The Balaban J connectivity index is 2.70. The number of rotatable bonds is 4. The van der Waals surface area contributed by atoms with Crippen molar-refractivity contribution in [2.24, 2.45) is 4.99 Å². The molecule has 0 atom stereocenters. The molecule has 1 aromatic carbocycles. The Morgan fingerprint density at radius 1 is 1.43 bits per heavy atom. The van der Waals surface area contributed by atoms with Crippen molar-refractivity contribution in [3.8, 4) is 0 Å². The molecule has 0 aliphatic rings. The van der Waals surface area contributed by atoms with E-state index in [9.17, 15) is 0 Å². The molecule has 0 aromatic heterocycles. The van der Waals surface area contributed by atoms with Crippen LogP contribution in [0.3, 0.4) is 0 Å². The third-order valence-electron chi connectivity index (χ3n) is 1.77. The summed E-state index contributed by atoms with van der Waals surface area (Å²) < 4.78 is 3.16. The fraction of sp³-hybridized carbons (Fsp3) is 0.182. The summed E-state index contributed by atoms with van der Waals surface area (Å²) in [6.07, 6.45) is 4.72. The fourth-order valence-corrected chi connectivity index (χ4v) is 1.95. The molecule has 3 heteroatoms. The van der Waals surface area contributed by atoms with E-state index in [1.165, 1.54) is 5.56 Å². The molecule has 0 bridgehead atoms. The van der Waals surface area contributed by atoms with Crippen LogP contribution in [0.4, 0.5) is 0 Å². The molecule has 14 heavy (non-hydrogen) atoms. The summed E-state index contributed by atoms with van der Waals surface area (Å²) in [4.78, 5) is 4.31. The van der Waals surface area contributed by atoms with Gasteiger partial charge in [0.15, 0.2) is 0 Å². The molecule has 2 nitrogen and oxygen atoms in total. The quantitative estimate of drug-likeness (QED) is 0.628. The zero-order valence-electron chi connectivity index (χ0n) is 8.27. The van der Waals surface area contributed by atoms with Crippen LogP contribution in [0.2, 0.25) is 0 Å². The molecule has 0 saturated carbocycles. The van der Waals surface area contributed by atoms with Crippen LogP contribution < -0.4 is 3.13 Å². The Labute approximate surface area is 101 Å². The van der Waals surface area contributed by atoms with Crippen LogP contribution in [-0.2, 0) is 6.42 Å². The van der Waals surface area contributed by atoms with Crippen molar-refractivity contribution in [2.75, 3.05) is 0 Å². The Morgan fingerprint density at radius 2 is 2.14 bits per heavy atom. The van der Waals surface area contributed by atoms with Gasteiger partial charge in [-0.05, 0) is 0 Å². The molecule has 0 unspecified atom stereocenters. The molecular formula is C11H13N2Tl. The van der Waals surface area contributed by atoms with Gasteiger partial charge in [-0.15, -0.1) is 0 Å². The molecule has 1 rings (SSSR count). The second kappa shape index (κ2) is 6.75. The number of hydrogen-bond acceptors (Lipinski definition) is 2. The zero-order chi connectivity index (χ0) is 10.2. The SMILES string of the molecule is CC=N/C(=C\[NH][Tl])Cc1ccccc1. The van der Waals surface area contributed by atoms with Crippen LogP contribution in [0, 0.1) is 0 Å². The van der Waals surface area contributed by atoms with Crippen molar-refractivity contribution < 1.29 is 0 Å². The van der Waals surface area contributed by atoms with E-state index in [2.05, 4.69) is 32.4 Å². The minimum absolute atomic E-state index is 0.776. The van der Waals surface area contributed by atoms with Crippen LogP contribution in [0.5, 0.6) is 0 Å². The third-order valence-corrected chi connectivity index (χ3v) is 2.42. The van der Waals surface area contributed by atoms with Crippen LogP contribution in [0.1, 0.15) is 12.5 Å². The summed E-state index contributed by atoms with van der Waals surface area (Å²) >= 11 is 0.776. The van der Waals surface area contributed by atoms with E-state index < -0.39 is 0 Å². The molecule has 1 N–H and O–H groups in total. The summed E-state index contributed by atoms with van der Waals surface area (Å²) in [5, 5.41) is 0. The number of benzene rings is 1. The van der Waals surface area contributed by atoms with E-state index in [-0.39, 0.29) is 0 Å². The molecule has 0 fully saturated rings. The molecule has 0 heterocycles. The van der Waals surface area contributed by atoms with Gasteiger partial charge in [0.2, 0.25) is 0 Å². The zero-order valence-corrected chi connectivity index (χ0v) is 12.8. The first-order valence-electron chi connectivity index (χ1n) is 4.54. The standard InChI is InChI=1S/C11H13N2.Tl/c1-2-13-11(9-12)8-10-6-4-3-5-7-10;/h2-7,9,12H,8H2,1H3;/q-1;+1/b11-9-,13-2?;. The Bertz CT molecular complexity index is 317.